The largest absolute Gasteiger partial charge is 0.476 e. The molecule has 3 N–H and O–H groups in total. The van der Waals surface area contributed by atoms with Gasteiger partial charge in [-0.25, -0.2) is 9.78 Å². The molecule has 1 heterocycles. The van der Waals surface area contributed by atoms with Gasteiger partial charge >= 0.3 is 5.97 Å². The van der Waals surface area contributed by atoms with E-state index in [2.05, 4.69) is 15.0 Å². The van der Waals surface area contributed by atoms with Crippen molar-refractivity contribution < 1.29 is 14.7 Å². The van der Waals surface area contributed by atoms with Crippen LogP contribution in [0, 0.1) is 0 Å². The molecular formula is C6H7N3O3S. The molecule has 0 aliphatic rings. The maximum Gasteiger partial charge on any atom is 0.361 e. The van der Waals surface area contributed by atoms with E-state index in [4.69, 9.17) is 10.8 Å². The van der Waals surface area contributed by atoms with Crippen molar-refractivity contribution in [3.63, 3.8) is 0 Å². The highest BCUT2D eigenvalue weighted by Gasteiger charge is 2.17. The van der Waals surface area contributed by atoms with Crippen molar-refractivity contribution in [3.05, 3.63) is 11.2 Å². The minimum atomic E-state index is -1.20. The van der Waals surface area contributed by atoms with Crippen LogP contribution < -0.4 is 5.73 Å². The summed E-state index contributed by atoms with van der Waals surface area (Å²) in [6, 6.07) is 0. The predicted molar refractivity (Wildman–Crippen MR) is 47.7 cm³/mol. The van der Waals surface area contributed by atoms with E-state index >= 15 is 0 Å². The quantitative estimate of drug-likeness (QED) is 0.536. The second kappa shape index (κ2) is 3.85. The van der Waals surface area contributed by atoms with Gasteiger partial charge in [0.25, 0.3) is 0 Å². The molecule has 0 spiro atoms. The number of carbonyl (C=O) groups is 1. The molecule has 0 radical (unpaired) electrons. The maximum atomic E-state index is 10.6. The number of aliphatic carboxylic acids is 1. The summed E-state index contributed by atoms with van der Waals surface area (Å²) < 4.78 is 0. The number of thiazole rings is 1. The van der Waals surface area contributed by atoms with Gasteiger partial charge in [0.15, 0.2) is 5.01 Å². The third-order valence-corrected chi connectivity index (χ3v) is 1.94. The van der Waals surface area contributed by atoms with Crippen LogP contribution in [0.3, 0.4) is 0 Å². The highest BCUT2D eigenvalue weighted by atomic mass is 32.1. The minimum absolute atomic E-state index is 0.229. The van der Waals surface area contributed by atoms with E-state index in [1.54, 1.807) is 0 Å². The summed E-state index contributed by atoms with van der Waals surface area (Å²) in [4.78, 5) is 18.7. The number of nitrogens with two attached hydrogens (primary N) is 1. The van der Waals surface area contributed by atoms with E-state index in [-0.39, 0.29) is 10.7 Å². The average Bonchev–Trinajstić information content (AvgIpc) is 2.46. The molecule has 1 rings (SSSR count). The van der Waals surface area contributed by atoms with E-state index in [9.17, 15) is 4.79 Å². The molecule has 0 amide bonds. The van der Waals surface area contributed by atoms with Gasteiger partial charge in [-0.2, -0.15) is 0 Å². The van der Waals surface area contributed by atoms with Gasteiger partial charge in [0.05, 0.1) is 6.20 Å². The van der Waals surface area contributed by atoms with Crippen LogP contribution in [0.5, 0.6) is 0 Å². The molecule has 0 saturated heterocycles. The minimum Gasteiger partial charge on any atom is -0.476 e. The number of aromatic nitrogens is 1. The van der Waals surface area contributed by atoms with Gasteiger partial charge in [-0.3, -0.25) is 0 Å². The van der Waals surface area contributed by atoms with Gasteiger partial charge in [0, 0.05) is 0 Å². The number of nitrogen functional groups attached to an aromatic ring is 1. The van der Waals surface area contributed by atoms with Crippen LogP contribution in [0.4, 0.5) is 5.00 Å². The molecule has 0 aliphatic carbocycles. The summed E-state index contributed by atoms with van der Waals surface area (Å²) >= 11 is 1.04. The van der Waals surface area contributed by atoms with Gasteiger partial charge in [0.1, 0.15) is 12.1 Å². The van der Waals surface area contributed by atoms with E-state index in [0.717, 1.165) is 11.3 Å². The first kappa shape index (κ1) is 9.46. The Labute approximate surface area is 77.6 Å². The lowest BCUT2D eigenvalue weighted by Gasteiger charge is -1.93. The van der Waals surface area contributed by atoms with Crippen molar-refractivity contribution in [1.29, 1.82) is 0 Å². The van der Waals surface area contributed by atoms with E-state index in [0.29, 0.717) is 5.00 Å². The third-order valence-electron chi connectivity index (χ3n) is 1.11. The Balaban J connectivity index is 3.02. The van der Waals surface area contributed by atoms with Crippen LogP contribution in [0.2, 0.25) is 0 Å². The van der Waals surface area contributed by atoms with Gasteiger partial charge in [-0.15, -0.1) is 0 Å². The summed E-state index contributed by atoms with van der Waals surface area (Å²) in [5.74, 6) is -1.20. The molecule has 70 valence electrons. The number of nitrogens with zero attached hydrogens (tertiary/aromatic N) is 2. The zero-order valence-electron chi connectivity index (χ0n) is 6.72. The average molecular weight is 201 g/mol. The number of hydrogen-bond acceptors (Lipinski definition) is 6. The Morgan fingerprint density at radius 1 is 1.85 bits per heavy atom. The molecule has 1 aromatic heterocycles. The number of carboxylic acid groups (broad SMARTS) is 1. The number of hydrogen-bond donors (Lipinski definition) is 2. The standard InChI is InChI=1S/C6H7N3O3S/c1-12-9-4(6(10)11)5-8-2-3(7)13-5/h2H,7H2,1H3,(H,10,11). The molecule has 0 aliphatic heterocycles. The molecule has 0 atom stereocenters. The molecule has 0 bridgehead atoms. The van der Waals surface area contributed by atoms with Crippen LogP contribution in [-0.2, 0) is 9.63 Å². The first-order valence-corrected chi connectivity index (χ1v) is 4.03. The lowest BCUT2D eigenvalue weighted by atomic mass is 10.4. The second-order valence-electron chi connectivity index (χ2n) is 2.00. The molecule has 6 nitrogen and oxygen atoms in total. The van der Waals surface area contributed by atoms with E-state index in [1.807, 2.05) is 0 Å². The summed E-state index contributed by atoms with van der Waals surface area (Å²) in [7, 11) is 1.26. The molecule has 0 fully saturated rings. The maximum absolute atomic E-state index is 10.6. The van der Waals surface area contributed by atoms with Crippen molar-refractivity contribution in [2.24, 2.45) is 5.16 Å². The van der Waals surface area contributed by atoms with Crippen LogP contribution >= 0.6 is 11.3 Å². The first-order chi connectivity index (χ1) is 6.15. The lowest BCUT2D eigenvalue weighted by molar-refractivity contribution is -0.129. The van der Waals surface area contributed by atoms with Crippen molar-refractivity contribution in [2.75, 3.05) is 12.8 Å². The smallest absolute Gasteiger partial charge is 0.361 e. The Hall–Kier alpha value is -1.63. The highest BCUT2D eigenvalue weighted by molar-refractivity contribution is 7.18. The number of rotatable bonds is 3. The van der Waals surface area contributed by atoms with E-state index < -0.39 is 5.97 Å². The number of carboxylic acids is 1. The number of anilines is 1. The molecule has 0 saturated carbocycles. The summed E-state index contributed by atoms with van der Waals surface area (Å²) in [5, 5.41) is 12.7. The zero-order chi connectivity index (χ0) is 9.84. The summed E-state index contributed by atoms with van der Waals surface area (Å²) in [6.45, 7) is 0. The van der Waals surface area contributed by atoms with Gasteiger partial charge < -0.3 is 15.7 Å². The highest BCUT2D eigenvalue weighted by Crippen LogP contribution is 2.15. The lowest BCUT2D eigenvalue weighted by Crippen LogP contribution is -2.14. The fraction of sp³-hybridized carbons (Fsp3) is 0.167. The fourth-order valence-corrected chi connectivity index (χ4v) is 1.31. The van der Waals surface area contributed by atoms with Gasteiger partial charge in [-0.1, -0.05) is 16.5 Å². The van der Waals surface area contributed by atoms with Crippen LogP contribution in [0.1, 0.15) is 5.01 Å². The molecule has 7 heteroatoms. The Morgan fingerprint density at radius 3 is 2.92 bits per heavy atom. The SMILES string of the molecule is CON=C(C(=O)O)c1ncc(N)s1. The Kier molecular flexibility index (Phi) is 2.80. The van der Waals surface area contributed by atoms with Crippen LogP contribution in [0.25, 0.3) is 0 Å². The monoisotopic (exact) mass is 201 g/mol. The van der Waals surface area contributed by atoms with Crippen LogP contribution in [0.15, 0.2) is 11.4 Å². The predicted octanol–water partition coefficient (Wildman–Crippen LogP) is 0.160. The van der Waals surface area contributed by atoms with Crippen LogP contribution in [-0.4, -0.2) is 28.9 Å². The topological polar surface area (TPSA) is 97.8 Å². The van der Waals surface area contributed by atoms with Crippen molar-refractivity contribution >= 4 is 28.0 Å². The first-order valence-electron chi connectivity index (χ1n) is 3.21. The summed E-state index contributed by atoms with van der Waals surface area (Å²) in [6.07, 6.45) is 1.37. The Morgan fingerprint density at radius 2 is 2.54 bits per heavy atom. The molecular weight excluding hydrogens is 194 g/mol. The Bertz CT molecular complexity index is 347. The van der Waals surface area contributed by atoms with Gasteiger partial charge in [0.2, 0.25) is 5.71 Å². The van der Waals surface area contributed by atoms with Crippen molar-refractivity contribution in [1.82, 2.24) is 4.98 Å². The molecule has 0 aromatic carbocycles. The molecule has 13 heavy (non-hydrogen) atoms. The fourth-order valence-electron chi connectivity index (χ4n) is 0.657. The zero-order valence-corrected chi connectivity index (χ0v) is 7.54. The molecule has 0 unspecified atom stereocenters. The van der Waals surface area contributed by atoms with Crippen molar-refractivity contribution in [3.8, 4) is 0 Å². The van der Waals surface area contributed by atoms with E-state index in [1.165, 1.54) is 13.3 Å². The third kappa shape index (κ3) is 2.15. The normalized spacial score (nSPS) is 11.3. The number of oxime groups is 1. The summed E-state index contributed by atoms with van der Waals surface area (Å²) in [5.41, 5.74) is 5.13. The van der Waals surface area contributed by atoms with Crippen molar-refractivity contribution in [2.45, 2.75) is 0 Å². The van der Waals surface area contributed by atoms with Gasteiger partial charge in [-0.05, 0) is 0 Å². The second-order valence-corrected chi connectivity index (χ2v) is 3.06. The molecule has 1 aromatic rings.